The summed E-state index contributed by atoms with van der Waals surface area (Å²) in [4.78, 5) is 24.7. The number of aliphatic hydroxyl groups is 1. The lowest BCUT2D eigenvalue weighted by Gasteiger charge is -2.38. The molecule has 0 bridgehead atoms. The average molecular weight is 271 g/mol. The first kappa shape index (κ1) is 14.3. The molecule has 0 spiro atoms. The first-order chi connectivity index (χ1) is 8.95. The van der Waals surface area contributed by atoms with E-state index >= 15 is 0 Å². The fraction of sp³-hybridized carbons (Fsp3) is 0.846. The summed E-state index contributed by atoms with van der Waals surface area (Å²) in [5.41, 5.74) is -0.656. The minimum atomic E-state index is -1.01. The normalized spacial score (nSPS) is 30.3. The molecule has 0 aliphatic carbocycles. The van der Waals surface area contributed by atoms with Gasteiger partial charge in [0.05, 0.1) is 5.60 Å². The van der Waals surface area contributed by atoms with Gasteiger partial charge in [0.1, 0.15) is 6.10 Å². The number of carbonyl (C=O) groups is 2. The SMILES string of the molecule is CCC1(O)CCN(C(=O)[C@@H]2CC[C@H](C(=O)O)O2)CC1. The number of piperidine rings is 1. The first-order valence-electron chi connectivity index (χ1n) is 6.84. The Bertz CT molecular complexity index is 362. The van der Waals surface area contributed by atoms with Crippen LogP contribution in [0.15, 0.2) is 0 Å². The van der Waals surface area contributed by atoms with Crippen molar-refractivity contribution >= 4 is 11.9 Å². The van der Waals surface area contributed by atoms with Gasteiger partial charge >= 0.3 is 5.97 Å². The van der Waals surface area contributed by atoms with Crippen molar-refractivity contribution in [2.45, 2.75) is 56.8 Å². The molecule has 2 aliphatic heterocycles. The molecule has 2 fully saturated rings. The number of aliphatic carboxylic acids is 1. The van der Waals surface area contributed by atoms with Gasteiger partial charge in [-0.15, -0.1) is 0 Å². The van der Waals surface area contributed by atoms with Gasteiger partial charge in [0.15, 0.2) is 6.10 Å². The molecule has 2 rings (SSSR count). The Morgan fingerprint density at radius 1 is 1.26 bits per heavy atom. The van der Waals surface area contributed by atoms with Crippen LogP contribution >= 0.6 is 0 Å². The molecular formula is C13H21NO5. The van der Waals surface area contributed by atoms with Crippen molar-refractivity contribution in [2.24, 2.45) is 0 Å². The summed E-state index contributed by atoms with van der Waals surface area (Å²) in [7, 11) is 0. The van der Waals surface area contributed by atoms with Crippen molar-refractivity contribution in [3.8, 4) is 0 Å². The van der Waals surface area contributed by atoms with Crippen LogP contribution < -0.4 is 0 Å². The fourth-order valence-electron chi connectivity index (χ4n) is 2.70. The Morgan fingerprint density at radius 2 is 1.84 bits per heavy atom. The van der Waals surface area contributed by atoms with Crippen LogP contribution in [-0.2, 0) is 14.3 Å². The zero-order chi connectivity index (χ0) is 14.0. The van der Waals surface area contributed by atoms with E-state index in [1.165, 1.54) is 0 Å². The van der Waals surface area contributed by atoms with Crippen LogP contribution in [0.3, 0.4) is 0 Å². The van der Waals surface area contributed by atoms with E-state index in [2.05, 4.69) is 0 Å². The van der Waals surface area contributed by atoms with Gasteiger partial charge in [0.25, 0.3) is 5.91 Å². The lowest BCUT2D eigenvalue weighted by atomic mass is 9.89. The third-order valence-corrected chi connectivity index (χ3v) is 4.23. The largest absolute Gasteiger partial charge is 0.479 e. The summed E-state index contributed by atoms with van der Waals surface area (Å²) in [6.07, 6.45) is 1.20. The number of hydrogen-bond acceptors (Lipinski definition) is 4. The van der Waals surface area contributed by atoms with Crippen LogP contribution in [0, 0.1) is 0 Å². The van der Waals surface area contributed by atoms with Gasteiger partial charge in [-0.25, -0.2) is 4.79 Å². The topological polar surface area (TPSA) is 87.1 Å². The standard InChI is InChI=1S/C13H21NO5/c1-2-13(18)5-7-14(8-6-13)11(15)9-3-4-10(19-9)12(16)17/h9-10,18H,2-8H2,1H3,(H,16,17)/t9-,10+/m0/s1. The Balaban J connectivity index is 1.87. The van der Waals surface area contributed by atoms with Crippen LogP contribution in [-0.4, -0.2) is 57.9 Å². The average Bonchev–Trinajstić information content (AvgIpc) is 2.88. The maximum absolute atomic E-state index is 12.2. The van der Waals surface area contributed by atoms with Gasteiger partial charge in [-0.3, -0.25) is 4.79 Å². The molecule has 0 unspecified atom stereocenters. The molecule has 1 amide bonds. The van der Waals surface area contributed by atoms with Gasteiger partial charge in [-0.05, 0) is 32.1 Å². The van der Waals surface area contributed by atoms with Crippen molar-refractivity contribution in [2.75, 3.05) is 13.1 Å². The van der Waals surface area contributed by atoms with E-state index in [9.17, 15) is 14.7 Å². The zero-order valence-electron chi connectivity index (χ0n) is 11.2. The maximum Gasteiger partial charge on any atom is 0.332 e. The van der Waals surface area contributed by atoms with E-state index in [-0.39, 0.29) is 5.91 Å². The van der Waals surface area contributed by atoms with E-state index in [0.717, 1.165) is 0 Å². The molecule has 0 saturated carbocycles. The Morgan fingerprint density at radius 3 is 2.32 bits per heavy atom. The highest BCUT2D eigenvalue weighted by Crippen LogP contribution is 2.28. The predicted molar refractivity (Wildman–Crippen MR) is 66.6 cm³/mol. The second-order valence-electron chi connectivity index (χ2n) is 5.43. The summed E-state index contributed by atoms with van der Waals surface area (Å²) in [5, 5.41) is 19.0. The summed E-state index contributed by atoms with van der Waals surface area (Å²) < 4.78 is 5.26. The smallest absolute Gasteiger partial charge is 0.332 e. The van der Waals surface area contributed by atoms with Gasteiger partial charge in [-0.2, -0.15) is 0 Å². The first-order valence-corrected chi connectivity index (χ1v) is 6.84. The number of nitrogens with zero attached hydrogens (tertiary/aromatic N) is 1. The molecule has 2 aliphatic rings. The summed E-state index contributed by atoms with van der Waals surface area (Å²) in [6.45, 7) is 2.97. The van der Waals surface area contributed by atoms with E-state index in [1.54, 1.807) is 4.90 Å². The number of rotatable bonds is 3. The van der Waals surface area contributed by atoms with Crippen molar-refractivity contribution < 1.29 is 24.5 Å². The van der Waals surface area contributed by atoms with E-state index in [1.807, 2.05) is 6.92 Å². The number of carboxylic acid groups (broad SMARTS) is 1. The lowest BCUT2D eigenvalue weighted by Crippen LogP contribution is -2.49. The summed E-state index contributed by atoms with van der Waals surface area (Å²) in [6, 6.07) is 0. The molecule has 2 atom stereocenters. The highest BCUT2D eigenvalue weighted by Gasteiger charge is 2.39. The van der Waals surface area contributed by atoms with Crippen LogP contribution in [0.25, 0.3) is 0 Å². The number of hydrogen-bond donors (Lipinski definition) is 2. The highest BCUT2D eigenvalue weighted by molar-refractivity contribution is 5.82. The van der Waals surface area contributed by atoms with E-state index in [0.29, 0.717) is 45.2 Å². The Kier molecular flexibility index (Phi) is 4.10. The van der Waals surface area contributed by atoms with Crippen molar-refractivity contribution in [3.05, 3.63) is 0 Å². The van der Waals surface area contributed by atoms with Crippen LogP contribution in [0.2, 0.25) is 0 Å². The lowest BCUT2D eigenvalue weighted by molar-refractivity contribution is -0.156. The molecule has 6 heteroatoms. The number of amides is 1. The number of carboxylic acids is 1. The molecule has 0 radical (unpaired) electrons. The third kappa shape index (κ3) is 3.06. The maximum atomic E-state index is 12.2. The van der Waals surface area contributed by atoms with Gasteiger partial charge < -0.3 is 19.8 Å². The summed E-state index contributed by atoms with van der Waals surface area (Å²) in [5.74, 6) is -1.14. The second kappa shape index (κ2) is 5.46. The van der Waals surface area contributed by atoms with Crippen LogP contribution in [0.5, 0.6) is 0 Å². The molecular weight excluding hydrogens is 250 g/mol. The van der Waals surface area contributed by atoms with E-state index in [4.69, 9.17) is 9.84 Å². The second-order valence-corrected chi connectivity index (χ2v) is 5.43. The number of ether oxygens (including phenoxy) is 1. The minimum absolute atomic E-state index is 0.137. The molecule has 2 saturated heterocycles. The quantitative estimate of drug-likeness (QED) is 0.775. The molecule has 19 heavy (non-hydrogen) atoms. The molecule has 0 aromatic heterocycles. The van der Waals surface area contributed by atoms with Crippen molar-refractivity contribution in [1.29, 1.82) is 0 Å². The number of carbonyl (C=O) groups excluding carboxylic acids is 1. The molecule has 0 aromatic carbocycles. The fourth-order valence-corrected chi connectivity index (χ4v) is 2.70. The summed E-state index contributed by atoms with van der Waals surface area (Å²) >= 11 is 0. The molecule has 2 heterocycles. The highest BCUT2D eigenvalue weighted by atomic mass is 16.5. The van der Waals surface area contributed by atoms with Gasteiger partial charge in [0, 0.05) is 13.1 Å². The zero-order valence-corrected chi connectivity index (χ0v) is 11.2. The van der Waals surface area contributed by atoms with Crippen LogP contribution in [0.4, 0.5) is 0 Å². The van der Waals surface area contributed by atoms with Gasteiger partial charge in [-0.1, -0.05) is 6.92 Å². The van der Waals surface area contributed by atoms with Crippen molar-refractivity contribution in [1.82, 2.24) is 4.90 Å². The Hall–Kier alpha value is -1.14. The minimum Gasteiger partial charge on any atom is -0.479 e. The molecule has 0 aromatic rings. The van der Waals surface area contributed by atoms with E-state index < -0.39 is 23.8 Å². The predicted octanol–water partition coefficient (Wildman–Crippen LogP) is 0.382. The third-order valence-electron chi connectivity index (χ3n) is 4.23. The Labute approximate surface area is 112 Å². The number of likely N-dealkylation sites (tertiary alicyclic amines) is 1. The van der Waals surface area contributed by atoms with Crippen molar-refractivity contribution in [3.63, 3.8) is 0 Å². The molecule has 6 nitrogen and oxygen atoms in total. The molecule has 2 N–H and O–H groups in total. The van der Waals surface area contributed by atoms with Crippen LogP contribution in [0.1, 0.15) is 39.0 Å². The van der Waals surface area contributed by atoms with Gasteiger partial charge in [0.2, 0.25) is 0 Å². The monoisotopic (exact) mass is 271 g/mol. The molecule has 108 valence electrons.